The minimum Gasteiger partial charge on any atom is -0.465 e. The number of carbonyl (C=O) groups is 2. The summed E-state index contributed by atoms with van der Waals surface area (Å²) in [6.07, 6.45) is -1.08. The van der Waals surface area contributed by atoms with Gasteiger partial charge in [-0.1, -0.05) is 0 Å². The third-order valence-corrected chi connectivity index (χ3v) is 4.52. The summed E-state index contributed by atoms with van der Waals surface area (Å²) in [4.78, 5) is 28.9. The van der Waals surface area contributed by atoms with Crippen molar-refractivity contribution in [3.8, 4) is 0 Å². The van der Waals surface area contributed by atoms with Crippen LogP contribution >= 0.6 is 27.3 Å². The number of carboxylic acid groups (broad SMARTS) is 1. The van der Waals surface area contributed by atoms with Crippen LogP contribution < -0.4 is 5.32 Å². The Morgan fingerprint density at radius 2 is 2.39 bits per heavy atom. The summed E-state index contributed by atoms with van der Waals surface area (Å²) < 4.78 is 0.588. The van der Waals surface area contributed by atoms with Crippen LogP contribution in [0.1, 0.15) is 16.7 Å². The Labute approximate surface area is 116 Å². The predicted molar refractivity (Wildman–Crippen MR) is 70.2 cm³/mol. The van der Waals surface area contributed by atoms with Gasteiger partial charge in [0.25, 0.3) is 0 Å². The smallest absolute Gasteiger partial charge is 0.408 e. The monoisotopic (exact) mass is 333 g/mol. The number of Topliss-reactive ketones (excluding diaryl/α,β-unsaturated/α-hetero) is 1. The fourth-order valence-corrected chi connectivity index (χ4v) is 3.28. The predicted octanol–water partition coefficient (Wildman–Crippen LogP) is 1.43. The van der Waals surface area contributed by atoms with Gasteiger partial charge < -0.3 is 10.4 Å². The number of nitrogens with one attached hydrogen (secondary N) is 1. The Kier molecular flexibility index (Phi) is 3.69. The summed E-state index contributed by atoms with van der Waals surface area (Å²) in [6.45, 7) is 2.78. The van der Waals surface area contributed by atoms with Crippen molar-refractivity contribution in [3.63, 3.8) is 0 Å². The highest BCUT2D eigenvalue weighted by molar-refractivity contribution is 9.10. The molecule has 1 saturated heterocycles. The van der Waals surface area contributed by atoms with Gasteiger partial charge in [-0.3, -0.25) is 9.69 Å². The maximum Gasteiger partial charge on any atom is 0.408 e. The van der Waals surface area contributed by atoms with E-state index in [4.69, 9.17) is 0 Å². The Morgan fingerprint density at radius 1 is 1.67 bits per heavy atom. The molecule has 1 aromatic rings. The summed E-state index contributed by atoms with van der Waals surface area (Å²) in [7, 11) is 0. The number of rotatable bonds is 2. The van der Waals surface area contributed by atoms with Crippen molar-refractivity contribution in [2.24, 2.45) is 0 Å². The number of hydrogen-bond acceptors (Lipinski definition) is 5. The van der Waals surface area contributed by atoms with Crippen molar-refractivity contribution in [1.29, 1.82) is 0 Å². The van der Waals surface area contributed by atoms with Gasteiger partial charge in [0.05, 0.1) is 0 Å². The second kappa shape index (κ2) is 4.94. The standard InChI is InChI=1S/C10H12BrN3O3S/c1-10(5-12-2-3-14(10)9(16)17)7(15)8-13-6(11)4-18-8/h4,12H,2-3,5H2,1H3,(H,16,17). The molecular formula is C10H12BrN3O3S. The molecule has 0 saturated carbocycles. The summed E-state index contributed by atoms with van der Waals surface area (Å²) in [5.41, 5.74) is -1.10. The third-order valence-electron chi connectivity index (χ3n) is 2.97. The van der Waals surface area contributed by atoms with Crippen LogP contribution in [-0.2, 0) is 0 Å². The van der Waals surface area contributed by atoms with Crippen LogP contribution in [0.5, 0.6) is 0 Å². The topological polar surface area (TPSA) is 82.5 Å². The average molecular weight is 334 g/mol. The second-order valence-electron chi connectivity index (χ2n) is 4.19. The molecular weight excluding hydrogens is 322 g/mol. The van der Waals surface area contributed by atoms with E-state index in [0.29, 0.717) is 29.2 Å². The van der Waals surface area contributed by atoms with Crippen LogP contribution in [0.4, 0.5) is 4.79 Å². The van der Waals surface area contributed by atoms with Gasteiger partial charge in [-0.05, 0) is 22.9 Å². The molecule has 2 heterocycles. The van der Waals surface area contributed by atoms with Crippen LogP contribution in [0.15, 0.2) is 9.98 Å². The molecule has 18 heavy (non-hydrogen) atoms. The molecule has 1 aliphatic rings. The summed E-state index contributed by atoms with van der Waals surface area (Å²) in [6, 6.07) is 0. The lowest BCUT2D eigenvalue weighted by Gasteiger charge is -2.41. The Bertz CT molecular complexity index is 492. The number of thiazole rings is 1. The molecule has 1 unspecified atom stereocenters. The molecule has 2 rings (SSSR count). The maximum atomic E-state index is 12.4. The number of piperazine rings is 1. The molecule has 2 N–H and O–H groups in total. The lowest BCUT2D eigenvalue weighted by Crippen LogP contribution is -2.65. The second-order valence-corrected chi connectivity index (χ2v) is 5.86. The first-order valence-electron chi connectivity index (χ1n) is 5.32. The summed E-state index contributed by atoms with van der Waals surface area (Å²) in [5.74, 6) is -0.271. The summed E-state index contributed by atoms with van der Waals surface area (Å²) >= 11 is 4.40. The highest BCUT2D eigenvalue weighted by atomic mass is 79.9. The summed E-state index contributed by atoms with van der Waals surface area (Å²) in [5, 5.41) is 14.3. The van der Waals surface area contributed by atoms with Gasteiger partial charge in [0, 0.05) is 25.0 Å². The third kappa shape index (κ3) is 2.27. The Balaban J connectivity index is 2.33. The van der Waals surface area contributed by atoms with E-state index in [0.717, 1.165) is 0 Å². The fraction of sp³-hybridized carbons (Fsp3) is 0.500. The van der Waals surface area contributed by atoms with Crippen molar-refractivity contribution < 1.29 is 14.7 Å². The average Bonchev–Trinajstić information content (AvgIpc) is 2.75. The zero-order valence-electron chi connectivity index (χ0n) is 9.64. The number of ketones is 1. The lowest BCUT2D eigenvalue weighted by atomic mass is 9.92. The van der Waals surface area contributed by atoms with Crippen LogP contribution in [0.3, 0.4) is 0 Å². The zero-order valence-corrected chi connectivity index (χ0v) is 12.0. The highest BCUT2D eigenvalue weighted by Crippen LogP contribution is 2.25. The fourth-order valence-electron chi connectivity index (χ4n) is 1.96. The van der Waals surface area contributed by atoms with Crippen molar-refractivity contribution in [3.05, 3.63) is 15.0 Å². The molecule has 1 aliphatic heterocycles. The van der Waals surface area contributed by atoms with Crippen molar-refractivity contribution in [2.45, 2.75) is 12.5 Å². The first kappa shape index (κ1) is 13.4. The van der Waals surface area contributed by atoms with E-state index in [1.807, 2.05) is 0 Å². The van der Waals surface area contributed by atoms with Crippen molar-refractivity contribution >= 4 is 39.1 Å². The molecule has 1 atom stereocenters. The minimum absolute atomic E-state index is 0.271. The van der Waals surface area contributed by atoms with Crippen LogP contribution in [0.2, 0.25) is 0 Å². The van der Waals surface area contributed by atoms with E-state index in [1.165, 1.54) is 16.2 Å². The van der Waals surface area contributed by atoms with Crippen molar-refractivity contribution in [1.82, 2.24) is 15.2 Å². The number of halogens is 1. The molecule has 0 aliphatic carbocycles. The number of aromatic nitrogens is 1. The van der Waals surface area contributed by atoms with Gasteiger partial charge in [-0.2, -0.15) is 0 Å². The molecule has 0 radical (unpaired) electrons. The quantitative estimate of drug-likeness (QED) is 0.800. The molecule has 1 amide bonds. The SMILES string of the molecule is CC1(C(=O)c2nc(Br)cs2)CNCCN1C(=O)O. The van der Waals surface area contributed by atoms with E-state index < -0.39 is 11.6 Å². The van der Waals surface area contributed by atoms with Crippen LogP contribution in [0.25, 0.3) is 0 Å². The molecule has 0 aromatic carbocycles. The van der Waals surface area contributed by atoms with E-state index >= 15 is 0 Å². The van der Waals surface area contributed by atoms with E-state index in [1.54, 1.807) is 12.3 Å². The Morgan fingerprint density at radius 3 is 2.94 bits per heavy atom. The van der Waals surface area contributed by atoms with Gasteiger partial charge in [0.2, 0.25) is 5.78 Å². The molecule has 8 heteroatoms. The molecule has 6 nitrogen and oxygen atoms in total. The van der Waals surface area contributed by atoms with E-state index in [2.05, 4.69) is 26.2 Å². The van der Waals surface area contributed by atoms with Crippen molar-refractivity contribution in [2.75, 3.05) is 19.6 Å². The van der Waals surface area contributed by atoms with E-state index in [-0.39, 0.29) is 5.78 Å². The van der Waals surface area contributed by atoms with Gasteiger partial charge in [0.15, 0.2) is 5.01 Å². The highest BCUT2D eigenvalue weighted by Gasteiger charge is 2.45. The molecule has 98 valence electrons. The first-order chi connectivity index (χ1) is 8.45. The van der Waals surface area contributed by atoms with Crippen LogP contribution in [0, 0.1) is 0 Å². The molecule has 1 fully saturated rings. The number of hydrogen-bond donors (Lipinski definition) is 2. The molecule has 0 bridgehead atoms. The molecule has 0 spiro atoms. The van der Waals surface area contributed by atoms with Gasteiger partial charge in [-0.15, -0.1) is 11.3 Å². The Hall–Kier alpha value is -0.990. The lowest BCUT2D eigenvalue weighted by molar-refractivity contribution is 0.0487. The number of carbonyl (C=O) groups excluding carboxylic acids is 1. The zero-order chi connectivity index (χ0) is 13.3. The first-order valence-corrected chi connectivity index (χ1v) is 6.99. The minimum atomic E-state index is -1.10. The normalized spacial score (nSPS) is 24.0. The number of amides is 1. The van der Waals surface area contributed by atoms with Gasteiger partial charge in [-0.25, -0.2) is 9.78 Å². The van der Waals surface area contributed by atoms with Gasteiger partial charge in [0.1, 0.15) is 10.1 Å². The molecule has 1 aromatic heterocycles. The van der Waals surface area contributed by atoms with Crippen LogP contribution in [-0.4, -0.2) is 52.0 Å². The largest absolute Gasteiger partial charge is 0.465 e. The van der Waals surface area contributed by atoms with Gasteiger partial charge >= 0.3 is 6.09 Å². The van der Waals surface area contributed by atoms with E-state index in [9.17, 15) is 14.7 Å². The number of nitrogens with zero attached hydrogens (tertiary/aromatic N) is 2. The maximum absolute atomic E-state index is 12.4.